The van der Waals surface area contributed by atoms with Crippen molar-refractivity contribution in [3.8, 4) is 17.3 Å². The predicted octanol–water partition coefficient (Wildman–Crippen LogP) is 4.87. The van der Waals surface area contributed by atoms with Crippen LogP contribution in [0.4, 0.5) is 0 Å². The van der Waals surface area contributed by atoms with Gasteiger partial charge in [-0.2, -0.15) is 5.26 Å². The van der Waals surface area contributed by atoms with Crippen LogP contribution in [-0.2, 0) is 22.6 Å². The van der Waals surface area contributed by atoms with Crippen molar-refractivity contribution >= 4 is 11.0 Å². The number of pyridine rings is 1. The highest BCUT2D eigenvalue weighted by Gasteiger charge is 2.59. The quantitative estimate of drug-likeness (QED) is 0.408. The number of imidazole rings is 1. The third-order valence-corrected chi connectivity index (χ3v) is 7.88. The van der Waals surface area contributed by atoms with Gasteiger partial charge in [-0.1, -0.05) is 24.3 Å². The van der Waals surface area contributed by atoms with E-state index in [1.54, 1.807) is 0 Å². The SMILES string of the molecule is N#Cc1ccc2ncn(C[C@@]34CCC[C@@]5(CN(Cc6cccc(-c7ccccn7)c6)C(O5)O3)C4)c2c1. The largest absolute Gasteiger partial charge is 0.331 e. The lowest BCUT2D eigenvalue weighted by atomic mass is 9.74. The molecule has 7 nitrogen and oxygen atoms in total. The minimum Gasteiger partial charge on any atom is -0.331 e. The monoisotopic (exact) mass is 477 g/mol. The van der Waals surface area contributed by atoms with E-state index < -0.39 is 0 Å². The van der Waals surface area contributed by atoms with Gasteiger partial charge in [0.2, 0.25) is 6.41 Å². The van der Waals surface area contributed by atoms with Crippen LogP contribution in [0.5, 0.6) is 0 Å². The third-order valence-electron chi connectivity index (χ3n) is 7.88. The molecule has 4 aromatic rings. The van der Waals surface area contributed by atoms with Crippen molar-refractivity contribution in [3.63, 3.8) is 0 Å². The lowest BCUT2D eigenvalue weighted by Crippen LogP contribution is -2.55. The summed E-state index contributed by atoms with van der Waals surface area (Å²) in [6, 6.07) is 22.5. The lowest BCUT2D eigenvalue weighted by Gasteiger charge is -2.49. The molecule has 7 rings (SSSR count). The standard InChI is InChI=1S/C29H27N5O2/c30-15-21-8-9-25-26(14-21)34(20-32-25)19-29-11-4-10-28(17-29)18-33(27(35-28)36-29)16-22-5-3-6-23(13-22)24-7-1-2-12-31-24/h1-3,5-9,12-14,20,27H,4,10-11,16-19H2/t27?,28-,29-/m0/s1. The molecule has 1 unspecified atom stereocenters. The molecule has 3 fully saturated rings. The van der Waals surface area contributed by atoms with Gasteiger partial charge < -0.3 is 14.0 Å². The summed E-state index contributed by atoms with van der Waals surface area (Å²) >= 11 is 0. The first kappa shape index (κ1) is 21.7. The molecule has 3 atom stereocenters. The first-order valence-corrected chi connectivity index (χ1v) is 12.6. The molecular formula is C29H27N5O2. The Hall–Kier alpha value is -3.57. The van der Waals surface area contributed by atoms with Gasteiger partial charge in [0.1, 0.15) is 0 Å². The van der Waals surface area contributed by atoms with Crippen molar-refractivity contribution in [2.24, 2.45) is 0 Å². The average Bonchev–Trinajstić information content (AvgIpc) is 3.41. The number of fused-ring (bicyclic) bond motifs is 3. The molecular weight excluding hydrogens is 450 g/mol. The van der Waals surface area contributed by atoms with Crippen molar-refractivity contribution in [1.82, 2.24) is 19.4 Å². The van der Waals surface area contributed by atoms with E-state index in [4.69, 9.17) is 9.47 Å². The molecule has 4 heterocycles. The van der Waals surface area contributed by atoms with Crippen LogP contribution in [0.15, 0.2) is 73.2 Å². The summed E-state index contributed by atoms with van der Waals surface area (Å²) in [5.41, 5.74) is 5.38. The summed E-state index contributed by atoms with van der Waals surface area (Å²) in [7, 11) is 0. The van der Waals surface area contributed by atoms with Gasteiger partial charge in [-0.05, 0) is 61.2 Å². The molecule has 3 aliphatic rings. The topological polar surface area (TPSA) is 76.2 Å². The molecule has 1 aliphatic carbocycles. The molecule has 1 spiro atoms. The maximum atomic E-state index is 9.37. The molecule has 1 saturated carbocycles. The summed E-state index contributed by atoms with van der Waals surface area (Å²) in [5.74, 6) is 0. The van der Waals surface area contributed by atoms with Crippen LogP contribution < -0.4 is 0 Å². The highest BCUT2D eigenvalue weighted by atomic mass is 16.7. The molecule has 3 bridgehead atoms. The van der Waals surface area contributed by atoms with Crippen molar-refractivity contribution < 1.29 is 9.47 Å². The summed E-state index contributed by atoms with van der Waals surface area (Å²) < 4.78 is 15.5. The second-order valence-electron chi connectivity index (χ2n) is 10.4. The van der Waals surface area contributed by atoms with Crippen molar-refractivity contribution in [2.45, 2.75) is 56.4 Å². The highest BCUT2D eigenvalue weighted by Crippen LogP contribution is 2.51. The smallest absolute Gasteiger partial charge is 0.220 e. The Balaban J connectivity index is 1.15. The van der Waals surface area contributed by atoms with Crippen LogP contribution >= 0.6 is 0 Å². The molecule has 2 aromatic carbocycles. The zero-order chi connectivity index (χ0) is 24.2. The minimum atomic E-state index is -0.359. The zero-order valence-corrected chi connectivity index (χ0v) is 20.0. The van der Waals surface area contributed by atoms with Crippen molar-refractivity contribution in [1.29, 1.82) is 5.26 Å². The van der Waals surface area contributed by atoms with Gasteiger partial charge in [0.25, 0.3) is 0 Å². The predicted molar refractivity (Wildman–Crippen MR) is 134 cm³/mol. The number of hydrogen-bond donors (Lipinski definition) is 0. The molecule has 2 aliphatic heterocycles. The fraction of sp³-hybridized carbons (Fsp3) is 0.345. The molecule has 2 saturated heterocycles. The molecule has 0 radical (unpaired) electrons. The maximum absolute atomic E-state index is 9.37. The maximum Gasteiger partial charge on any atom is 0.220 e. The second kappa shape index (κ2) is 8.24. The van der Waals surface area contributed by atoms with E-state index in [1.165, 1.54) is 5.56 Å². The Morgan fingerprint density at radius 1 is 1.03 bits per heavy atom. The van der Waals surface area contributed by atoms with Crippen LogP contribution in [0, 0.1) is 11.3 Å². The third kappa shape index (κ3) is 3.70. The van der Waals surface area contributed by atoms with Crippen molar-refractivity contribution in [3.05, 3.63) is 84.3 Å². The van der Waals surface area contributed by atoms with Gasteiger partial charge in [-0.25, -0.2) is 9.88 Å². The van der Waals surface area contributed by atoms with Crippen LogP contribution in [0.25, 0.3) is 22.3 Å². The minimum absolute atomic E-state index is 0.173. The van der Waals surface area contributed by atoms with E-state index >= 15 is 0 Å². The number of aromatic nitrogens is 3. The number of benzene rings is 2. The van der Waals surface area contributed by atoms with Gasteiger partial charge in [-0.3, -0.25) is 4.98 Å². The summed E-state index contributed by atoms with van der Waals surface area (Å²) in [6.45, 7) is 2.35. The van der Waals surface area contributed by atoms with E-state index in [0.717, 1.165) is 61.1 Å². The van der Waals surface area contributed by atoms with Gasteiger partial charge in [0.15, 0.2) is 0 Å². The lowest BCUT2D eigenvalue weighted by molar-refractivity contribution is -0.326. The number of hydrogen-bond acceptors (Lipinski definition) is 6. The number of rotatable bonds is 5. The Labute approximate surface area is 209 Å². The van der Waals surface area contributed by atoms with Gasteiger partial charge in [0, 0.05) is 31.3 Å². The molecule has 0 amide bonds. The number of nitriles is 1. The van der Waals surface area contributed by atoms with Crippen LogP contribution in [0.2, 0.25) is 0 Å². The Morgan fingerprint density at radius 3 is 2.89 bits per heavy atom. The molecule has 0 N–H and O–H groups in total. The number of ether oxygens (including phenoxy) is 2. The van der Waals surface area contributed by atoms with Crippen molar-refractivity contribution in [2.75, 3.05) is 6.54 Å². The fourth-order valence-electron chi connectivity index (χ4n) is 6.38. The van der Waals surface area contributed by atoms with Crippen LogP contribution in [-0.4, -0.2) is 43.6 Å². The summed E-state index contributed by atoms with van der Waals surface area (Å²) in [5, 5.41) is 9.37. The summed E-state index contributed by atoms with van der Waals surface area (Å²) in [4.78, 5) is 11.4. The first-order chi connectivity index (χ1) is 17.6. The average molecular weight is 478 g/mol. The van der Waals surface area contributed by atoms with E-state index in [0.29, 0.717) is 12.1 Å². The van der Waals surface area contributed by atoms with Gasteiger partial charge in [-0.15, -0.1) is 0 Å². The van der Waals surface area contributed by atoms with Crippen LogP contribution in [0.3, 0.4) is 0 Å². The molecule has 36 heavy (non-hydrogen) atoms. The Bertz CT molecular complexity index is 1480. The number of nitrogens with zero attached hydrogens (tertiary/aromatic N) is 5. The van der Waals surface area contributed by atoms with Gasteiger partial charge >= 0.3 is 0 Å². The van der Waals surface area contributed by atoms with E-state index in [-0.39, 0.29) is 17.6 Å². The Kier molecular flexibility index (Phi) is 4.97. The fourth-order valence-corrected chi connectivity index (χ4v) is 6.38. The van der Waals surface area contributed by atoms with Gasteiger partial charge in [0.05, 0.1) is 52.4 Å². The van der Waals surface area contributed by atoms with E-state index in [9.17, 15) is 5.26 Å². The zero-order valence-electron chi connectivity index (χ0n) is 20.0. The molecule has 7 heteroatoms. The normalized spacial score (nSPS) is 27.2. The molecule has 180 valence electrons. The van der Waals surface area contributed by atoms with E-state index in [2.05, 4.69) is 49.8 Å². The highest BCUT2D eigenvalue weighted by molar-refractivity contribution is 5.77. The van der Waals surface area contributed by atoms with E-state index in [1.807, 2.05) is 48.9 Å². The Morgan fingerprint density at radius 2 is 2.00 bits per heavy atom. The summed E-state index contributed by atoms with van der Waals surface area (Å²) in [6.07, 6.45) is 7.35. The second-order valence-corrected chi connectivity index (χ2v) is 10.4. The first-order valence-electron chi connectivity index (χ1n) is 12.6. The molecule has 2 aromatic heterocycles. The van der Waals surface area contributed by atoms with Crippen LogP contribution in [0.1, 0.15) is 36.8 Å².